The molecule has 21 heavy (non-hydrogen) atoms. The summed E-state index contributed by atoms with van der Waals surface area (Å²) in [6.07, 6.45) is 11.4. The highest BCUT2D eigenvalue weighted by Crippen LogP contribution is 2.23. The number of amides is 1. The van der Waals surface area contributed by atoms with E-state index in [4.69, 9.17) is 0 Å². The third kappa shape index (κ3) is 4.98. The molecule has 1 atom stereocenters. The lowest BCUT2D eigenvalue weighted by Crippen LogP contribution is -2.50. The molecule has 2 aliphatic rings. The van der Waals surface area contributed by atoms with Crippen LogP contribution in [0.15, 0.2) is 0 Å². The third-order valence-electron chi connectivity index (χ3n) is 5.49. The predicted molar refractivity (Wildman–Crippen MR) is 88.3 cm³/mol. The molecule has 122 valence electrons. The van der Waals surface area contributed by atoms with E-state index >= 15 is 0 Å². The van der Waals surface area contributed by atoms with Gasteiger partial charge in [0.15, 0.2) is 0 Å². The maximum atomic E-state index is 12.5. The van der Waals surface area contributed by atoms with Crippen LogP contribution in [-0.4, -0.2) is 36.5 Å². The minimum atomic E-state index is 0.238. The van der Waals surface area contributed by atoms with Crippen LogP contribution in [0.5, 0.6) is 0 Å². The Morgan fingerprint density at radius 2 is 1.81 bits per heavy atom. The predicted octanol–water partition coefficient (Wildman–Crippen LogP) is 3.58. The van der Waals surface area contributed by atoms with Crippen LogP contribution in [-0.2, 0) is 4.79 Å². The average molecular weight is 294 g/mol. The molecule has 1 aliphatic heterocycles. The molecule has 3 nitrogen and oxygen atoms in total. The number of piperidine rings is 1. The van der Waals surface area contributed by atoms with Gasteiger partial charge < -0.3 is 10.2 Å². The van der Waals surface area contributed by atoms with Gasteiger partial charge in [-0.2, -0.15) is 0 Å². The van der Waals surface area contributed by atoms with E-state index in [-0.39, 0.29) is 5.92 Å². The zero-order valence-corrected chi connectivity index (χ0v) is 14.1. The Balaban J connectivity index is 1.76. The molecule has 0 aromatic rings. The molecule has 2 rings (SSSR count). The number of nitrogens with zero attached hydrogens (tertiary/aromatic N) is 1. The van der Waals surface area contributed by atoms with Crippen LogP contribution < -0.4 is 5.32 Å². The molecule has 1 saturated heterocycles. The Hall–Kier alpha value is -0.570. The second-order valence-electron chi connectivity index (χ2n) is 7.05. The zero-order chi connectivity index (χ0) is 15.1. The fourth-order valence-corrected chi connectivity index (χ4v) is 3.96. The number of nitrogens with one attached hydrogen (secondary N) is 1. The van der Waals surface area contributed by atoms with Crippen LogP contribution >= 0.6 is 0 Å². The zero-order valence-electron chi connectivity index (χ0n) is 14.1. The molecule has 0 spiro atoms. The van der Waals surface area contributed by atoms with Gasteiger partial charge in [0.25, 0.3) is 0 Å². The summed E-state index contributed by atoms with van der Waals surface area (Å²) in [6.45, 7) is 7.33. The fraction of sp³-hybridized carbons (Fsp3) is 0.944. The van der Waals surface area contributed by atoms with E-state index in [9.17, 15) is 4.79 Å². The standard InChI is InChI=1S/C18H34N2O/c1-3-16(4-2)18(21)20-12-8-11-17(14-20)19-13-15-9-6-5-7-10-15/h15-17,19H,3-14H2,1-2H3. The summed E-state index contributed by atoms with van der Waals surface area (Å²) >= 11 is 0. The fourth-order valence-electron chi connectivity index (χ4n) is 3.96. The molecule has 3 heteroatoms. The normalized spacial score (nSPS) is 24.5. The highest BCUT2D eigenvalue weighted by Gasteiger charge is 2.27. The summed E-state index contributed by atoms with van der Waals surface area (Å²) in [6, 6.07) is 0.527. The van der Waals surface area contributed by atoms with Crippen molar-refractivity contribution in [3.63, 3.8) is 0 Å². The molecule has 0 bridgehead atoms. The molecular formula is C18H34N2O. The van der Waals surface area contributed by atoms with E-state index in [0.29, 0.717) is 11.9 Å². The monoisotopic (exact) mass is 294 g/mol. The Bertz CT molecular complexity index is 308. The van der Waals surface area contributed by atoms with Crippen LogP contribution in [0, 0.1) is 11.8 Å². The van der Waals surface area contributed by atoms with Crippen LogP contribution in [0.3, 0.4) is 0 Å². The van der Waals surface area contributed by atoms with Gasteiger partial charge in [0.1, 0.15) is 0 Å². The van der Waals surface area contributed by atoms with Crippen molar-refractivity contribution >= 4 is 5.91 Å². The number of likely N-dealkylation sites (tertiary alicyclic amines) is 1. The maximum absolute atomic E-state index is 12.5. The summed E-state index contributed by atoms with van der Waals surface area (Å²) in [5.41, 5.74) is 0. The second kappa shape index (κ2) is 8.77. The Morgan fingerprint density at radius 1 is 1.10 bits per heavy atom. The van der Waals surface area contributed by atoms with Crippen molar-refractivity contribution in [3.05, 3.63) is 0 Å². The first-order valence-electron chi connectivity index (χ1n) is 9.26. The van der Waals surface area contributed by atoms with Crippen molar-refractivity contribution < 1.29 is 4.79 Å². The lowest BCUT2D eigenvalue weighted by atomic mass is 9.89. The van der Waals surface area contributed by atoms with Crippen LogP contribution in [0.4, 0.5) is 0 Å². The second-order valence-corrected chi connectivity index (χ2v) is 7.05. The largest absolute Gasteiger partial charge is 0.341 e. The summed E-state index contributed by atoms with van der Waals surface area (Å²) in [4.78, 5) is 14.6. The molecule has 1 N–H and O–H groups in total. The Kier molecular flexibility index (Phi) is 7.01. The topological polar surface area (TPSA) is 32.3 Å². The van der Waals surface area contributed by atoms with Gasteiger partial charge in [-0.1, -0.05) is 33.1 Å². The van der Waals surface area contributed by atoms with Crippen molar-refractivity contribution in [1.29, 1.82) is 0 Å². The molecule has 1 amide bonds. The van der Waals surface area contributed by atoms with Gasteiger partial charge in [-0.3, -0.25) is 4.79 Å². The van der Waals surface area contributed by atoms with Crippen molar-refractivity contribution in [2.24, 2.45) is 11.8 Å². The summed E-state index contributed by atoms with van der Waals surface area (Å²) in [5.74, 6) is 1.51. The highest BCUT2D eigenvalue weighted by atomic mass is 16.2. The Morgan fingerprint density at radius 3 is 2.48 bits per heavy atom. The van der Waals surface area contributed by atoms with E-state index in [2.05, 4.69) is 24.1 Å². The van der Waals surface area contributed by atoms with Crippen LogP contribution in [0.1, 0.15) is 71.6 Å². The van der Waals surface area contributed by atoms with Crippen LogP contribution in [0.2, 0.25) is 0 Å². The summed E-state index contributed by atoms with van der Waals surface area (Å²) in [5, 5.41) is 3.76. The van der Waals surface area contributed by atoms with Crippen molar-refractivity contribution in [3.8, 4) is 0 Å². The van der Waals surface area contributed by atoms with Crippen molar-refractivity contribution in [2.75, 3.05) is 19.6 Å². The first-order valence-corrected chi connectivity index (χ1v) is 9.26. The molecule has 0 aromatic heterocycles. The van der Waals surface area contributed by atoms with Gasteiger partial charge in [0.05, 0.1) is 0 Å². The SMILES string of the molecule is CCC(CC)C(=O)N1CCCC(NCC2CCCCC2)C1. The Labute approximate surface area is 130 Å². The van der Waals surface area contributed by atoms with Gasteiger partial charge in [0, 0.05) is 25.0 Å². The number of carbonyl (C=O) groups excluding carboxylic acids is 1. The van der Waals surface area contributed by atoms with E-state index < -0.39 is 0 Å². The van der Waals surface area contributed by atoms with Crippen molar-refractivity contribution in [1.82, 2.24) is 10.2 Å². The van der Waals surface area contributed by atoms with Crippen LogP contribution in [0.25, 0.3) is 0 Å². The maximum Gasteiger partial charge on any atom is 0.225 e. The first-order chi connectivity index (χ1) is 10.2. The van der Waals surface area contributed by atoms with Gasteiger partial charge >= 0.3 is 0 Å². The summed E-state index contributed by atoms with van der Waals surface area (Å²) in [7, 11) is 0. The quantitative estimate of drug-likeness (QED) is 0.812. The molecule has 1 saturated carbocycles. The number of carbonyl (C=O) groups is 1. The molecule has 1 aliphatic carbocycles. The lowest BCUT2D eigenvalue weighted by molar-refractivity contribution is -0.137. The van der Waals surface area contributed by atoms with Crippen molar-refractivity contribution in [2.45, 2.75) is 77.7 Å². The van der Waals surface area contributed by atoms with Gasteiger partial charge in [0.2, 0.25) is 5.91 Å². The number of rotatable bonds is 6. The average Bonchev–Trinajstić information content (AvgIpc) is 2.55. The molecule has 0 aromatic carbocycles. The van der Waals surface area contributed by atoms with E-state index in [1.807, 2.05) is 0 Å². The lowest BCUT2D eigenvalue weighted by Gasteiger charge is -2.36. The van der Waals surface area contributed by atoms with Gasteiger partial charge in [-0.15, -0.1) is 0 Å². The molecular weight excluding hydrogens is 260 g/mol. The molecule has 0 radical (unpaired) electrons. The van der Waals surface area contributed by atoms with Gasteiger partial charge in [-0.05, 0) is 51.0 Å². The number of hydrogen-bond donors (Lipinski definition) is 1. The van der Waals surface area contributed by atoms with E-state index in [1.165, 1.54) is 38.5 Å². The molecule has 1 unspecified atom stereocenters. The first kappa shape index (κ1) is 16.8. The molecule has 2 fully saturated rings. The smallest absolute Gasteiger partial charge is 0.225 e. The van der Waals surface area contributed by atoms with Gasteiger partial charge in [-0.25, -0.2) is 0 Å². The van der Waals surface area contributed by atoms with E-state index in [0.717, 1.165) is 44.8 Å². The minimum Gasteiger partial charge on any atom is -0.341 e. The highest BCUT2D eigenvalue weighted by molar-refractivity contribution is 5.78. The third-order valence-corrected chi connectivity index (χ3v) is 5.49. The molecule has 1 heterocycles. The minimum absolute atomic E-state index is 0.238. The summed E-state index contributed by atoms with van der Waals surface area (Å²) < 4.78 is 0. The van der Waals surface area contributed by atoms with E-state index in [1.54, 1.807) is 0 Å². The number of hydrogen-bond acceptors (Lipinski definition) is 2.